The summed E-state index contributed by atoms with van der Waals surface area (Å²) in [6.45, 7) is 19.7. The first-order valence-corrected chi connectivity index (χ1v) is 16.6. The number of unbranched alkanes of at least 4 members (excludes halogenated alkanes) is 6. The number of hydrogen-bond acceptors (Lipinski definition) is 5. The van der Waals surface area contributed by atoms with Crippen molar-refractivity contribution in [3.63, 3.8) is 0 Å². The van der Waals surface area contributed by atoms with Gasteiger partial charge in [0.05, 0.1) is 6.10 Å². The van der Waals surface area contributed by atoms with Crippen LogP contribution in [0.1, 0.15) is 137 Å². The van der Waals surface area contributed by atoms with Crippen molar-refractivity contribution in [2.45, 2.75) is 149 Å². The van der Waals surface area contributed by atoms with Crippen LogP contribution in [0.2, 0.25) is 0 Å². The Balaban J connectivity index is 4.62. The van der Waals surface area contributed by atoms with Crippen LogP contribution in [0.5, 0.6) is 0 Å². The van der Waals surface area contributed by atoms with Gasteiger partial charge in [-0.2, -0.15) is 0 Å². The third-order valence-electron chi connectivity index (χ3n) is 7.50. The maximum absolute atomic E-state index is 12.8. The Morgan fingerprint density at radius 1 is 0.632 bits per heavy atom. The van der Waals surface area contributed by atoms with Gasteiger partial charge in [0.25, 0.3) is 0 Å². The minimum Gasteiger partial charge on any atom is -0.393 e. The van der Waals surface area contributed by atoms with E-state index >= 15 is 0 Å². The molecule has 6 heteroatoms. The molecule has 0 aliphatic carbocycles. The van der Waals surface area contributed by atoms with Crippen LogP contribution in [0.25, 0.3) is 0 Å². The summed E-state index contributed by atoms with van der Waals surface area (Å²) in [5.74, 6) is 0.115. The molecule has 0 aromatic heterocycles. The average Bonchev–Trinajstić information content (AvgIpc) is 2.91. The van der Waals surface area contributed by atoms with Crippen molar-refractivity contribution in [3.8, 4) is 0 Å². The van der Waals surface area contributed by atoms with E-state index in [9.17, 15) is 9.90 Å². The molecule has 0 bridgehead atoms. The second kappa shape index (κ2) is 27.9. The zero-order valence-corrected chi connectivity index (χ0v) is 26.4. The van der Waals surface area contributed by atoms with Gasteiger partial charge in [-0.05, 0) is 97.2 Å². The molecule has 0 fully saturated rings. The summed E-state index contributed by atoms with van der Waals surface area (Å²) in [6, 6.07) is 0.0389. The molecular formula is C32H68N4O2. The Morgan fingerprint density at radius 2 is 1.08 bits per heavy atom. The number of aliphatic hydroxyl groups excluding tert-OH is 1. The molecule has 0 saturated carbocycles. The molecule has 6 nitrogen and oxygen atoms in total. The van der Waals surface area contributed by atoms with E-state index in [1.54, 1.807) is 0 Å². The van der Waals surface area contributed by atoms with Crippen LogP contribution >= 0.6 is 0 Å². The molecule has 0 radical (unpaired) electrons. The van der Waals surface area contributed by atoms with E-state index < -0.39 is 0 Å². The monoisotopic (exact) mass is 541 g/mol. The van der Waals surface area contributed by atoms with E-state index in [0.717, 1.165) is 64.7 Å². The van der Waals surface area contributed by atoms with E-state index in [-0.39, 0.29) is 18.1 Å². The van der Waals surface area contributed by atoms with Crippen molar-refractivity contribution >= 4 is 5.91 Å². The number of nitrogens with zero attached hydrogens (tertiary/aromatic N) is 2. The second-order valence-corrected chi connectivity index (χ2v) is 11.4. The van der Waals surface area contributed by atoms with Gasteiger partial charge in [-0.25, -0.2) is 0 Å². The van der Waals surface area contributed by atoms with Crippen molar-refractivity contribution in [3.05, 3.63) is 0 Å². The predicted octanol–water partition coefficient (Wildman–Crippen LogP) is 6.37. The normalized spacial score (nSPS) is 13.4. The first-order valence-electron chi connectivity index (χ1n) is 16.6. The number of hydrogen-bond donors (Lipinski definition) is 3. The van der Waals surface area contributed by atoms with Gasteiger partial charge in [0.2, 0.25) is 5.91 Å². The second-order valence-electron chi connectivity index (χ2n) is 11.4. The fraction of sp³-hybridized carbons (Fsp3) is 0.969. The Hall–Kier alpha value is -0.690. The van der Waals surface area contributed by atoms with Crippen molar-refractivity contribution in [2.75, 3.05) is 52.4 Å². The summed E-state index contributed by atoms with van der Waals surface area (Å²) < 4.78 is 0. The van der Waals surface area contributed by atoms with Crippen molar-refractivity contribution in [1.82, 2.24) is 20.4 Å². The smallest absolute Gasteiger partial charge is 0.221 e. The van der Waals surface area contributed by atoms with Gasteiger partial charge in [-0.1, -0.05) is 79.6 Å². The average molecular weight is 541 g/mol. The first kappa shape index (κ1) is 37.3. The van der Waals surface area contributed by atoms with E-state index in [2.05, 4.69) is 55.1 Å². The fourth-order valence-electron chi connectivity index (χ4n) is 4.95. The van der Waals surface area contributed by atoms with Crippen molar-refractivity contribution < 1.29 is 9.90 Å². The van der Waals surface area contributed by atoms with Crippen LogP contribution in [0.4, 0.5) is 0 Å². The summed E-state index contributed by atoms with van der Waals surface area (Å²) in [5, 5.41) is 17.4. The van der Waals surface area contributed by atoms with Crippen LogP contribution < -0.4 is 10.6 Å². The number of aliphatic hydroxyl groups is 1. The van der Waals surface area contributed by atoms with E-state index in [4.69, 9.17) is 0 Å². The van der Waals surface area contributed by atoms with Gasteiger partial charge < -0.3 is 25.5 Å². The SMILES string of the molecule is CCCCCC(O)CC(CC(=O)NCCCN(CCCC)CCCC)NCCCN(CCCC)CCCC. The molecule has 228 valence electrons. The lowest BCUT2D eigenvalue weighted by Crippen LogP contribution is -2.40. The maximum Gasteiger partial charge on any atom is 0.221 e. The van der Waals surface area contributed by atoms with Gasteiger partial charge in [0.1, 0.15) is 0 Å². The summed E-state index contributed by atoms with van der Waals surface area (Å²) in [6.07, 6.45) is 17.1. The van der Waals surface area contributed by atoms with Gasteiger partial charge in [0.15, 0.2) is 0 Å². The fourth-order valence-corrected chi connectivity index (χ4v) is 4.95. The largest absolute Gasteiger partial charge is 0.393 e. The number of carbonyl (C=O) groups is 1. The molecule has 0 aliphatic heterocycles. The standard InChI is InChI=1S/C32H68N4O2/c1-6-11-16-19-31(37)28-30(33-20-17-26-35(22-12-7-2)23-13-8-3)29-32(38)34-21-18-27-36(24-14-9-4)25-15-10-5/h30-31,33,37H,6-29H2,1-5H3,(H,34,38). The van der Waals surface area contributed by atoms with E-state index in [1.807, 2.05) is 0 Å². The first-order chi connectivity index (χ1) is 18.5. The van der Waals surface area contributed by atoms with Crippen LogP contribution in [0, 0.1) is 0 Å². The lowest BCUT2D eigenvalue weighted by molar-refractivity contribution is -0.121. The zero-order chi connectivity index (χ0) is 28.3. The van der Waals surface area contributed by atoms with Crippen LogP contribution in [-0.4, -0.2) is 85.3 Å². The summed E-state index contributed by atoms with van der Waals surface area (Å²) >= 11 is 0. The summed E-state index contributed by atoms with van der Waals surface area (Å²) in [5.41, 5.74) is 0. The van der Waals surface area contributed by atoms with E-state index in [0.29, 0.717) is 12.8 Å². The van der Waals surface area contributed by atoms with Gasteiger partial charge in [0, 0.05) is 19.0 Å². The topological polar surface area (TPSA) is 67.8 Å². The third kappa shape index (κ3) is 23.2. The van der Waals surface area contributed by atoms with Gasteiger partial charge >= 0.3 is 0 Å². The number of amides is 1. The highest BCUT2D eigenvalue weighted by Gasteiger charge is 2.18. The minimum atomic E-state index is -0.330. The quantitative estimate of drug-likeness (QED) is 0.0963. The molecule has 0 aromatic carbocycles. The lowest BCUT2D eigenvalue weighted by atomic mass is 10.0. The Labute approximate surface area is 238 Å². The van der Waals surface area contributed by atoms with Crippen molar-refractivity contribution in [2.24, 2.45) is 0 Å². The predicted molar refractivity (Wildman–Crippen MR) is 166 cm³/mol. The molecule has 2 unspecified atom stereocenters. The molecule has 38 heavy (non-hydrogen) atoms. The molecule has 0 heterocycles. The Morgan fingerprint density at radius 3 is 1.55 bits per heavy atom. The third-order valence-corrected chi connectivity index (χ3v) is 7.50. The molecular weight excluding hydrogens is 472 g/mol. The van der Waals surface area contributed by atoms with Crippen LogP contribution in [0.15, 0.2) is 0 Å². The van der Waals surface area contributed by atoms with Crippen LogP contribution in [-0.2, 0) is 4.79 Å². The molecule has 0 rings (SSSR count). The number of carbonyl (C=O) groups excluding carboxylic acids is 1. The van der Waals surface area contributed by atoms with E-state index in [1.165, 1.54) is 77.5 Å². The maximum atomic E-state index is 12.8. The van der Waals surface area contributed by atoms with Crippen molar-refractivity contribution in [1.29, 1.82) is 0 Å². The van der Waals surface area contributed by atoms with Crippen LogP contribution in [0.3, 0.4) is 0 Å². The highest BCUT2D eigenvalue weighted by molar-refractivity contribution is 5.76. The lowest BCUT2D eigenvalue weighted by Gasteiger charge is -2.24. The molecule has 0 aliphatic rings. The number of nitrogens with one attached hydrogen (secondary N) is 2. The van der Waals surface area contributed by atoms with Gasteiger partial charge in [-0.3, -0.25) is 4.79 Å². The molecule has 1 amide bonds. The summed E-state index contributed by atoms with van der Waals surface area (Å²) in [7, 11) is 0. The molecule has 0 aromatic rings. The Bertz CT molecular complexity index is 490. The minimum absolute atomic E-state index is 0.0389. The summed E-state index contributed by atoms with van der Waals surface area (Å²) in [4.78, 5) is 18.0. The molecule has 0 saturated heterocycles. The van der Waals surface area contributed by atoms with Gasteiger partial charge in [-0.15, -0.1) is 0 Å². The zero-order valence-electron chi connectivity index (χ0n) is 26.4. The highest BCUT2D eigenvalue weighted by Crippen LogP contribution is 2.11. The highest BCUT2D eigenvalue weighted by atomic mass is 16.3. The Kier molecular flexibility index (Phi) is 27.4. The molecule has 3 N–H and O–H groups in total. The molecule has 0 spiro atoms. The molecule has 2 atom stereocenters. The number of rotatable bonds is 29.